The van der Waals surface area contributed by atoms with Crippen LogP contribution < -0.4 is 15.4 Å². The zero-order valence-corrected chi connectivity index (χ0v) is 23.1. The molecule has 5 nitrogen and oxygen atoms in total. The molecule has 1 aliphatic carbocycles. The number of rotatable bonds is 7. The molecule has 8 heteroatoms. The molecule has 1 aliphatic rings. The lowest BCUT2D eigenvalue weighted by molar-refractivity contribution is -0.275. The van der Waals surface area contributed by atoms with Crippen molar-refractivity contribution in [2.24, 2.45) is 0 Å². The molecule has 0 aliphatic heterocycles. The second-order valence-corrected chi connectivity index (χ2v) is 11.3. The van der Waals surface area contributed by atoms with Gasteiger partial charge in [0.05, 0.1) is 13.2 Å². The van der Waals surface area contributed by atoms with Gasteiger partial charge in [0.15, 0.2) is 5.60 Å². The number of aliphatic hydroxyl groups is 1. The summed E-state index contributed by atoms with van der Waals surface area (Å²) in [4.78, 5) is 0. The lowest BCUT2D eigenvalue weighted by Gasteiger charge is -2.49. The molecule has 0 fully saturated rings. The first-order chi connectivity index (χ1) is 18.2. The number of nitrogens with one attached hydrogen (secondary N) is 3. The third kappa shape index (κ3) is 5.22. The second kappa shape index (κ2) is 10.2. The van der Waals surface area contributed by atoms with Crippen molar-refractivity contribution in [2.45, 2.75) is 70.2 Å². The lowest BCUT2D eigenvalue weighted by Crippen LogP contribution is -2.58. The number of fused-ring (bicyclic) bond motifs is 1. The van der Waals surface area contributed by atoms with Crippen molar-refractivity contribution in [2.75, 3.05) is 17.7 Å². The Kier molecular flexibility index (Phi) is 7.47. The van der Waals surface area contributed by atoms with E-state index in [1.54, 1.807) is 44.2 Å². The zero-order chi connectivity index (χ0) is 28.8. The average Bonchev–Trinajstić information content (AvgIpc) is 2.86. The summed E-state index contributed by atoms with van der Waals surface area (Å²) in [5.41, 5.74) is 1.25. The maximum Gasteiger partial charge on any atom is 0.419 e. The monoisotopic (exact) mass is 539 g/mol. The quantitative estimate of drug-likeness (QED) is 0.230. The van der Waals surface area contributed by atoms with E-state index in [9.17, 15) is 18.3 Å². The van der Waals surface area contributed by atoms with Crippen LogP contribution in [0.2, 0.25) is 0 Å². The highest BCUT2D eigenvalue weighted by atomic mass is 19.4. The van der Waals surface area contributed by atoms with Crippen LogP contribution in [0.5, 0.6) is 5.75 Å². The van der Waals surface area contributed by atoms with E-state index in [0.29, 0.717) is 33.8 Å². The smallest absolute Gasteiger partial charge is 0.419 e. The Hall–Kier alpha value is -3.52. The van der Waals surface area contributed by atoms with Gasteiger partial charge in [0.25, 0.3) is 0 Å². The molecule has 0 radical (unpaired) electrons. The standard InChI is InChI=1S/C31H36F3N3O2/c1-18(2)23-12-13-24-26(27(23)39-6)29(4,5)17-30(38,31(32,33)34)28(24)37-22-11-14-25(20(15-22)16-35)36-21-9-7-19(3)8-10-21/h7-16,18,28,35-38H,17H2,1-6H3. The normalized spacial score (nSPS) is 20.3. The Balaban J connectivity index is 1.81. The number of benzene rings is 3. The predicted octanol–water partition coefficient (Wildman–Crippen LogP) is 8.00. The Labute approximate surface area is 227 Å². The zero-order valence-electron chi connectivity index (χ0n) is 23.1. The van der Waals surface area contributed by atoms with E-state index in [1.807, 2.05) is 45.0 Å². The largest absolute Gasteiger partial charge is 0.496 e. The van der Waals surface area contributed by atoms with Gasteiger partial charge in [-0.25, -0.2) is 0 Å². The summed E-state index contributed by atoms with van der Waals surface area (Å²) in [6, 6.07) is 14.7. The molecule has 0 saturated carbocycles. The fourth-order valence-electron chi connectivity index (χ4n) is 5.65. The Morgan fingerprint density at radius 2 is 1.69 bits per heavy atom. The van der Waals surface area contributed by atoms with Crippen molar-refractivity contribution < 1.29 is 23.0 Å². The van der Waals surface area contributed by atoms with Crippen LogP contribution in [0.25, 0.3) is 0 Å². The molecule has 208 valence electrons. The van der Waals surface area contributed by atoms with Gasteiger partial charge in [0, 0.05) is 34.4 Å². The van der Waals surface area contributed by atoms with Gasteiger partial charge in [-0.3, -0.25) is 0 Å². The van der Waals surface area contributed by atoms with E-state index in [4.69, 9.17) is 10.1 Å². The van der Waals surface area contributed by atoms with Crippen molar-refractivity contribution in [1.29, 1.82) is 5.41 Å². The fourth-order valence-corrected chi connectivity index (χ4v) is 5.65. The van der Waals surface area contributed by atoms with Crippen LogP contribution in [0, 0.1) is 12.3 Å². The van der Waals surface area contributed by atoms with Crippen molar-refractivity contribution in [3.05, 3.63) is 82.4 Å². The minimum absolute atomic E-state index is 0.0969. The Morgan fingerprint density at radius 1 is 1.05 bits per heavy atom. The van der Waals surface area contributed by atoms with Gasteiger partial charge in [0.1, 0.15) is 5.75 Å². The lowest BCUT2D eigenvalue weighted by atomic mass is 9.62. The number of halogens is 3. The molecular formula is C31H36F3N3O2. The van der Waals surface area contributed by atoms with Crippen molar-refractivity contribution in [3.8, 4) is 5.75 Å². The summed E-state index contributed by atoms with van der Waals surface area (Å²) in [5.74, 6) is 0.654. The topological polar surface area (TPSA) is 77.4 Å². The second-order valence-electron chi connectivity index (χ2n) is 11.3. The Bertz CT molecular complexity index is 1370. The summed E-state index contributed by atoms with van der Waals surface area (Å²) in [6.07, 6.45) is -4.30. The molecule has 0 heterocycles. The van der Waals surface area contributed by atoms with Gasteiger partial charge in [-0.2, -0.15) is 13.2 Å². The number of anilines is 3. The van der Waals surface area contributed by atoms with Crippen molar-refractivity contribution >= 4 is 23.3 Å². The van der Waals surface area contributed by atoms with Gasteiger partial charge < -0.3 is 25.9 Å². The van der Waals surface area contributed by atoms with E-state index in [1.165, 1.54) is 7.11 Å². The third-order valence-electron chi connectivity index (χ3n) is 7.56. The van der Waals surface area contributed by atoms with E-state index in [2.05, 4.69) is 10.6 Å². The van der Waals surface area contributed by atoms with Crippen LogP contribution in [0.15, 0.2) is 54.6 Å². The predicted molar refractivity (Wildman–Crippen MR) is 151 cm³/mol. The molecular weight excluding hydrogens is 503 g/mol. The summed E-state index contributed by atoms with van der Waals surface area (Å²) in [5, 5.41) is 25.5. The van der Waals surface area contributed by atoms with E-state index < -0.39 is 29.7 Å². The average molecular weight is 540 g/mol. The molecule has 0 amide bonds. The summed E-state index contributed by atoms with van der Waals surface area (Å²) in [6.45, 7) is 9.42. The van der Waals surface area contributed by atoms with Crippen LogP contribution >= 0.6 is 0 Å². The first-order valence-electron chi connectivity index (χ1n) is 13.0. The molecule has 2 atom stereocenters. The van der Waals surface area contributed by atoms with Crippen LogP contribution in [-0.2, 0) is 5.41 Å². The van der Waals surface area contributed by atoms with Gasteiger partial charge in [-0.15, -0.1) is 0 Å². The highest BCUT2D eigenvalue weighted by molar-refractivity contribution is 5.89. The number of hydrogen-bond donors (Lipinski definition) is 4. The molecule has 39 heavy (non-hydrogen) atoms. The SMILES string of the molecule is COc1c(C(C)C)ccc2c1C(C)(C)CC(O)(C(F)(F)F)C2Nc1ccc(Nc2ccc(C)cc2)c(C=N)c1. The van der Waals surface area contributed by atoms with Crippen molar-refractivity contribution in [3.63, 3.8) is 0 Å². The number of hydrogen-bond acceptors (Lipinski definition) is 5. The summed E-state index contributed by atoms with van der Waals surface area (Å²) in [7, 11) is 1.53. The van der Waals surface area contributed by atoms with Gasteiger partial charge >= 0.3 is 6.18 Å². The Morgan fingerprint density at radius 3 is 2.26 bits per heavy atom. The van der Waals surface area contributed by atoms with Crippen molar-refractivity contribution in [1.82, 2.24) is 0 Å². The molecule has 4 rings (SSSR count). The maximum atomic E-state index is 14.6. The van der Waals surface area contributed by atoms with E-state index in [-0.39, 0.29) is 5.92 Å². The molecule has 2 unspecified atom stereocenters. The first kappa shape index (κ1) is 28.5. The van der Waals surface area contributed by atoms with Crippen LogP contribution in [0.1, 0.15) is 73.9 Å². The number of alkyl halides is 3. The summed E-state index contributed by atoms with van der Waals surface area (Å²) < 4.78 is 49.6. The number of ether oxygens (including phenoxy) is 1. The van der Waals surface area contributed by atoms with Crippen LogP contribution in [0.4, 0.5) is 30.2 Å². The van der Waals surface area contributed by atoms with Crippen LogP contribution in [-0.4, -0.2) is 30.2 Å². The number of methoxy groups -OCH3 is 1. The maximum absolute atomic E-state index is 14.6. The highest BCUT2D eigenvalue weighted by Gasteiger charge is 2.64. The fraction of sp³-hybridized carbons (Fsp3) is 0.387. The van der Waals surface area contributed by atoms with Gasteiger partial charge in [-0.1, -0.05) is 57.5 Å². The first-order valence-corrected chi connectivity index (χ1v) is 13.0. The van der Waals surface area contributed by atoms with Gasteiger partial charge in [0.2, 0.25) is 0 Å². The number of aryl methyl sites for hydroxylation is 1. The molecule has 0 spiro atoms. The molecule has 0 aromatic heterocycles. The minimum Gasteiger partial charge on any atom is -0.496 e. The van der Waals surface area contributed by atoms with E-state index >= 15 is 0 Å². The highest BCUT2D eigenvalue weighted by Crippen LogP contribution is 2.57. The van der Waals surface area contributed by atoms with E-state index in [0.717, 1.165) is 23.0 Å². The molecule has 4 N–H and O–H groups in total. The molecule has 0 bridgehead atoms. The van der Waals surface area contributed by atoms with Crippen LogP contribution in [0.3, 0.4) is 0 Å². The molecule has 3 aromatic carbocycles. The van der Waals surface area contributed by atoms with Gasteiger partial charge in [-0.05, 0) is 66.1 Å². The minimum atomic E-state index is -4.90. The third-order valence-corrected chi connectivity index (χ3v) is 7.56. The molecule has 3 aromatic rings. The molecule has 0 saturated heterocycles. The summed E-state index contributed by atoms with van der Waals surface area (Å²) >= 11 is 0.